The van der Waals surface area contributed by atoms with E-state index in [1.165, 1.54) is 6.20 Å². The maximum atomic E-state index is 11.5. The van der Waals surface area contributed by atoms with E-state index in [-0.39, 0.29) is 5.56 Å². The minimum absolute atomic E-state index is 0.137. The molecule has 0 aromatic carbocycles. The highest BCUT2D eigenvalue weighted by atomic mass is 16.4. The largest absolute Gasteiger partial charge is 0.478 e. The van der Waals surface area contributed by atoms with Crippen LogP contribution in [0.1, 0.15) is 29.4 Å². The molecule has 0 saturated heterocycles. The number of nitrogens with zero attached hydrogens (tertiary/aromatic N) is 5. The SMILES string of the molecule is CCN(CCC#N)c1c(C(=O)O)cnc2c1c(C)nn2C. The van der Waals surface area contributed by atoms with Gasteiger partial charge in [0.1, 0.15) is 5.56 Å². The molecular weight excluding hydrogens is 270 g/mol. The highest BCUT2D eigenvalue weighted by Crippen LogP contribution is 2.31. The van der Waals surface area contributed by atoms with Gasteiger partial charge in [0, 0.05) is 26.3 Å². The molecule has 7 heteroatoms. The lowest BCUT2D eigenvalue weighted by Gasteiger charge is -2.24. The summed E-state index contributed by atoms with van der Waals surface area (Å²) in [7, 11) is 1.78. The van der Waals surface area contributed by atoms with Gasteiger partial charge in [-0.15, -0.1) is 0 Å². The topological polar surface area (TPSA) is 95.0 Å². The van der Waals surface area contributed by atoms with Crippen LogP contribution in [0.25, 0.3) is 11.0 Å². The predicted molar refractivity (Wildman–Crippen MR) is 78.3 cm³/mol. The number of hydrogen-bond acceptors (Lipinski definition) is 5. The van der Waals surface area contributed by atoms with Gasteiger partial charge in [0.2, 0.25) is 0 Å². The van der Waals surface area contributed by atoms with Crippen molar-refractivity contribution in [3.8, 4) is 6.07 Å². The maximum Gasteiger partial charge on any atom is 0.339 e. The van der Waals surface area contributed by atoms with Crippen LogP contribution in [-0.2, 0) is 7.05 Å². The molecule has 2 heterocycles. The van der Waals surface area contributed by atoms with Crippen molar-refractivity contribution in [2.75, 3.05) is 18.0 Å². The number of rotatable bonds is 5. The number of nitriles is 1. The summed E-state index contributed by atoms with van der Waals surface area (Å²) in [6.45, 7) is 4.84. The molecule has 0 saturated carbocycles. The van der Waals surface area contributed by atoms with E-state index >= 15 is 0 Å². The van der Waals surface area contributed by atoms with Crippen molar-refractivity contribution in [3.63, 3.8) is 0 Å². The van der Waals surface area contributed by atoms with Crippen molar-refractivity contribution in [2.45, 2.75) is 20.3 Å². The number of carboxylic acids is 1. The van der Waals surface area contributed by atoms with E-state index in [1.807, 2.05) is 18.7 Å². The van der Waals surface area contributed by atoms with Crippen LogP contribution in [0.5, 0.6) is 0 Å². The Labute approximate surface area is 122 Å². The van der Waals surface area contributed by atoms with E-state index in [2.05, 4.69) is 16.2 Å². The van der Waals surface area contributed by atoms with E-state index in [0.29, 0.717) is 30.8 Å². The number of aromatic carboxylic acids is 1. The van der Waals surface area contributed by atoms with Gasteiger partial charge in [-0.05, 0) is 13.8 Å². The van der Waals surface area contributed by atoms with Gasteiger partial charge in [0.05, 0.1) is 29.3 Å². The van der Waals surface area contributed by atoms with E-state index in [9.17, 15) is 9.90 Å². The smallest absolute Gasteiger partial charge is 0.339 e. The predicted octanol–water partition coefficient (Wildman–Crippen LogP) is 1.71. The third kappa shape index (κ3) is 2.52. The fraction of sp³-hybridized carbons (Fsp3) is 0.429. The van der Waals surface area contributed by atoms with Crippen molar-refractivity contribution in [3.05, 3.63) is 17.5 Å². The Bertz CT molecular complexity index is 729. The quantitative estimate of drug-likeness (QED) is 0.899. The molecule has 0 spiro atoms. The minimum Gasteiger partial charge on any atom is -0.478 e. The van der Waals surface area contributed by atoms with Crippen molar-refractivity contribution in [1.82, 2.24) is 14.8 Å². The molecule has 0 aliphatic rings. The van der Waals surface area contributed by atoms with Gasteiger partial charge >= 0.3 is 5.97 Å². The molecule has 0 atom stereocenters. The molecule has 0 unspecified atom stereocenters. The molecule has 2 aromatic heterocycles. The maximum absolute atomic E-state index is 11.5. The van der Waals surface area contributed by atoms with Gasteiger partial charge in [-0.25, -0.2) is 9.78 Å². The lowest BCUT2D eigenvalue weighted by atomic mass is 10.1. The molecule has 21 heavy (non-hydrogen) atoms. The molecule has 2 aromatic rings. The molecule has 0 radical (unpaired) electrons. The van der Waals surface area contributed by atoms with Crippen LogP contribution in [0.3, 0.4) is 0 Å². The van der Waals surface area contributed by atoms with Crippen molar-refractivity contribution < 1.29 is 9.90 Å². The molecule has 1 N–H and O–H groups in total. The fourth-order valence-electron chi connectivity index (χ4n) is 2.49. The van der Waals surface area contributed by atoms with Crippen LogP contribution in [0.15, 0.2) is 6.20 Å². The lowest BCUT2D eigenvalue weighted by Crippen LogP contribution is -2.26. The van der Waals surface area contributed by atoms with Gasteiger partial charge in [0.15, 0.2) is 5.65 Å². The summed E-state index contributed by atoms with van der Waals surface area (Å²) in [6.07, 6.45) is 1.69. The van der Waals surface area contributed by atoms with Gasteiger partial charge in [0.25, 0.3) is 0 Å². The van der Waals surface area contributed by atoms with Crippen LogP contribution in [0.4, 0.5) is 5.69 Å². The van der Waals surface area contributed by atoms with E-state index < -0.39 is 5.97 Å². The monoisotopic (exact) mass is 287 g/mol. The number of hydrogen-bond donors (Lipinski definition) is 1. The first kappa shape index (κ1) is 14.8. The van der Waals surface area contributed by atoms with E-state index in [1.54, 1.807) is 11.7 Å². The van der Waals surface area contributed by atoms with Crippen LogP contribution in [-0.4, -0.2) is 38.9 Å². The normalized spacial score (nSPS) is 10.6. The molecule has 7 nitrogen and oxygen atoms in total. The molecule has 0 amide bonds. The molecule has 110 valence electrons. The Morgan fingerprint density at radius 1 is 1.57 bits per heavy atom. The van der Waals surface area contributed by atoms with Gasteiger partial charge in [-0.2, -0.15) is 10.4 Å². The Hall–Kier alpha value is -2.62. The van der Waals surface area contributed by atoms with Gasteiger partial charge < -0.3 is 10.0 Å². The number of anilines is 1. The van der Waals surface area contributed by atoms with Crippen LogP contribution in [0, 0.1) is 18.3 Å². The van der Waals surface area contributed by atoms with E-state index in [0.717, 1.165) is 11.1 Å². The van der Waals surface area contributed by atoms with Crippen LogP contribution in [0.2, 0.25) is 0 Å². The average molecular weight is 287 g/mol. The Morgan fingerprint density at radius 2 is 2.29 bits per heavy atom. The summed E-state index contributed by atoms with van der Waals surface area (Å²) in [6, 6.07) is 2.09. The highest BCUT2D eigenvalue weighted by molar-refractivity contribution is 6.04. The molecule has 2 rings (SSSR count). The zero-order valence-corrected chi connectivity index (χ0v) is 12.3. The second kappa shape index (κ2) is 5.79. The Kier molecular flexibility index (Phi) is 4.08. The molecule has 0 fully saturated rings. The van der Waals surface area contributed by atoms with Crippen LogP contribution >= 0.6 is 0 Å². The van der Waals surface area contributed by atoms with Crippen LogP contribution < -0.4 is 4.90 Å². The van der Waals surface area contributed by atoms with Gasteiger partial charge in [-0.1, -0.05) is 0 Å². The third-order valence-corrected chi connectivity index (χ3v) is 3.42. The first-order valence-corrected chi connectivity index (χ1v) is 6.68. The van der Waals surface area contributed by atoms with E-state index in [4.69, 9.17) is 5.26 Å². The number of aryl methyl sites for hydroxylation is 2. The average Bonchev–Trinajstić information content (AvgIpc) is 2.74. The lowest BCUT2D eigenvalue weighted by molar-refractivity contribution is 0.0697. The molecular formula is C14H17N5O2. The highest BCUT2D eigenvalue weighted by Gasteiger charge is 2.22. The Morgan fingerprint density at radius 3 is 2.86 bits per heavy atom. The number of fused-ring (bicyclic) bond motifs is 1. The zero-order chi connectivity index (χ0) is 15.6. The Balaban J connectivity index is 2.75. The fourth-order valence-corrected chi connectivity index (χ4v) is 2.49. The molecule has 0 bridgehead atoms. The van der Waals surface area contributed by atoms with Gasteiger partial charge in [-0.3, -0.25) is 4.68 Å². The summed E-state index contributed by atoms with van der Waals surface area (Å²) in [5.41, 5.74) is 2.10. The molecule has 0 aliphatic carbocycles. The van der Waals surface area contributed by atoms with Crippen molar-refractivity contribution in [2.24, 2.45) is 7.05 Å². The number of aromatic nitrogens is 3. The molecule has 0 aliphatic heterocycles. The summed E-state index contributed by atoms with van der Waals surface area (Å²) >= 11 is 0. The zero-order valence-electron chi connectivity index (χ0n) is 12.3. The number of pyridine rings is 1. The second-order valence-corrected chi connectivity index (χ2v) is 4.72. The summed E-state index contributed by atoms with van der Waals surface area (Å²) < 4.78 is 1.64. The van der Waals surface area contributed by atoms with Crippen molar-refractivity contribution in [1.29, 1.82) is 5.26 Å². The van der Waals surface area contributed by atoms with Crippen molar-refractivity contribution >= 4 is 22.7 Å². The summed E-state index contributed by atoms with van der Waals surface area (Å²) in [5.74, 6) is -1.03. The summed E-state index contributed by atoms with van der Waals surface area (Å²) in [5, 5.41) is 23.3. The second-order valence-electron chi connectivity index (χ2n) is 4.72. The number of carboxylic acid groups (broad SMARTS) is 1. The first-order chi connectivity index (χ1) is 10.0. The summed E-state index contributed by atoms with van der Waals surface area (Å²) in [4.78, 5) is 17.6. The third-order valence-electron chi connectivity index (χ3n) is 3.42. The standard InChI is InChI=1S/C14H17N5O2/c1-4-19(7-5-6-15)12-10(14(20)21)8-16-13-11(12)9(2)17-18(13)3/h8H,4-5,7H2,1-3H3,(H,20,21). The number of carbonyl (C=O) groups is 1. The minimum atomic E-state index is -1.03. The first-order valence-electron chi connectivity index (χ1n) is 6.68.